The van der Waals surface area contributed by atoms with Crippen molar-refractivity contribution in [3.05, 3.63) is 65.0 Å². The summed E-state index contributed by atoms with van der Waals surface area (Å²) < 4.78 is 79.8. The van der Waals surface area contributed by atoms with Crippen LogP contribution < -0.4 is 0 Å². The minimum atomic E-state index is -4.72. The predicted octanol–water partition coefficient (Wildman–Crippen LogP) is 4.88. The number of alkyl halides is 3. The van der Waals surface area contributed by atoms with Gasteiger partial charge in [-0.15, -0.1) is 0 Å². The minimum Gasteiger partial charge on any atom is -0.266 e. The maximum absolute atomic E-state index is 13.5. The van der Waals surface area contributed by atoms with Crippen LogP contribution in [0.3, 0.4) is 0 Å². The second kappa shape index (κ2) is 8.18. The zero-order valence-electron chi connectivity index (χ0n) is 14.0. The molecule has 0 unspecified atom stereocenters. The first-order chi connectivity index (χ1) is 12.1. The summed E-state index contributed by atoms with van der Waals surface area (Å²) in [6, 6.07) is 9.02. The Kier molecular flexibility index (Phi) is 6.41. The Balaban J connectivity index is 1.82. The fourth-order valence-corrected chi connectivity index (χ4v) is 3.26. The van der Waals surface area contributed by atoms with Gasteiger partial charge < -0.3 is 0 Å². The maximum atomic E-state index is 13.5. The lowest BCUT2D eigenvalue weighted by Gasteiger charge is -2.09. The van der Waals surface area contributed by atoms with Gasteiger partial charge in [0.25, 0.3) is 10.1 Å². The summed E-state index contributed by atoms with van der Waals surface area (Å²) >= 11 is 0. The Hall–Kier alpha value is -1.93. The smallest absolute Gasteiger partial charge is 0.266 e. The van der Waals surface area contributed by atoms with E-state index in [1.807, 2.05) is 6.92 Å². The molecule has 0 amide bonds. The summed E-state index contributed by atoms with van der Waals surface area (Å²) in [6.45, 7) is 1.78. The highest BCUT2D eigenvalue weighted by molar-refractivity contribution is 7.86. The molecule has 0 radical (unpaired) electrons. The van der Waals surface area contributed by atoms with Crippen LogP contribution in [-0.4, -0.2) is 15.0 Å². The van der Waals surface area contributed by atoms with Gasteiger partial charge in [0, 0.05) is 0 Å². The highest BCUT2D eigenvalue weighted by Crippen LogP contribution is 2.31. The number of benzene rings is 2. The molecule has 0 saturated carbocycles. The van der Waals surface area contributed by atoms with E-state index in [0.717, 1.165) is 11.6 Å². The average molecular weight is 390 g/mol. The Labute approximate surface area is 149 Å². The van der Waals surface area contributed by atoms with E-state index in [-0.39, 0.29) is 11.5 Å². The third kappa shape index (κ3) is 5.54. The van der Waals surface area contributed by atoms with E-state index < -0.39 is 27.7 Å². The summed E-state index contributed by atoms with van der Waals surface area (Å²) in [4.78, 5) is 0.0629. The monoisotopic (exact) mass is 390 g/mol. The lowest BCUT2D eigenvalue weighted by molar-refractivity contribution is -0.140. The summed E-state index contributed by atoms with van der Waals surface area (Å²) in [5.41, 5.74) is 0.0402. The molecule has 2 aromatic rings. The molecular formula is C18H18F4O3S. The first-order valence-electron chi connectivity index (χ1n) is 7.91. The van der Waals surface area contributed by atoms with Crippen LogP contribution in [0.4, 0.5) is 17.6 Å². The van der Waals surface area contributed by atoms with E-state index in [0.29, 0.717) is 30.9 Å². The van der Waals surface area contributed by atoms with Crippen molar-refractivity contribution in [2.75, 3.05) is 6.61 Å². The average Bonchev–Trinajstić information content (AvgIpc) is 2.53. The van der Waals surface area contributed by atoms with Crippen molar-refractivity contribution in [1.29, 1.82) is 0 Å². The number of aryl methyl sites for hydroxylation is 2. The van der Waals surface area contributed by atoms with Crippen molar-refractivity contribution in [2.24, 2.45) is 0 Å². The van der Waals surface area contributed by atoms with Crippen molar-refractivity contribution in [3.63, 3.8) is 0 Å². The van der Waals surface area contributed by atoms with E-state index in [4.69, 9.17) is 4.18 Å². The van der Waals surface area contributed by atoms with Crippen LogP contribution in [0.2, 0.25) is 0 Å². The topological polar surface area (TPSA) is 43.4 Å². The lowest BCUT2D eigenvalue weighted by atomic mass is 10.1. The van der Waals surface area contributed by atoms with Crippen LogP contribution in [0.5, 0.6) is 0 Å². The fourth-order valence-electron chi connectivity index (χ4n) is 2.32. The van der Waals surface area contributed by atoms with Crippen LogP contribution >= 0.6 is 0 Å². The molecule has 2 aromatic carbocycles. The number of hydrogen-bond donors (Lipinski definition) is 0. The minimum absolute atomic E-state index is 0.0562. The number of rotatable bonds is 7. The van der Waals surface area contributed by atoms with Gasteiger partial charge in [-0.1, -0.05) is 23.8 Å². The Morgan fingerprint density at radius 2 is 1.65 bits per heavy atom. The molecular weight excluding hydrogens is 372 g/mol. The predicted molar refractivity (Wildman–Crippen MR) is 88.7 cm³/mol. The van der Waals surface area contributed by atoms with E-state index >= 15 is 0 Å². The van der Waals surface area contributed by atoms with Crippen molar-refractivity contribution in [2.45, 2.75) is 37.3 Å². The molecule has 26 heavy (non-hydrogen) atoms. The fraction of sp³-hybridized carbons (Fsp3) is 0.333. The summed E-state index contributed by atoms with van der Waals surface area (Å²) in [7, 11) is -3.84. The molecule has 0 spiro atoms. The zero-order chi connectivity index (χ0) is 19.4. The molecule has 142 valence electrons. The largest absolute Gasteiger partial charge is 0.419 e. The van der Waals surface area contributed by atoms with Gasteiger partial charge in [0.15, 0.2) is 0 Å². The van der Waals surface area contributed by atoms with Crippen LogP contribution in [0, 0.1) is 12.7 Å². The van der Waals surface area contributed by atoms with Crippen molar-refractivity contribution >= 4 is 10.1 Å². The first kappa shape index (κ1) is 20.4. The van der Waals surface area contributed by atoms with Gasteiger partial charge in [0.1, 0.15) is 5.82 Å². The second-order valence-electron chi connectivity index (χ2n) is 5.86. The van der Waals surface area contributed by atoms with E-state index in [1.165, 1.54) is 18.2 Å². The summed E-state index contributed by atoms with van der Waals surface area (Å²) in [5, 5.41) is 0. The van der Waals surface area contributed by atoms with Gasteiger partial charge in [-0.2, -0.15) is 21.6 Å². The SMILES string of the molecule is Cc1ccc(S(=O)(=O)OCCCCc2ccc(C(F)(F)F)c(F)c2)cc1. The molecule has 0 bridgehead atoms. The van der Waals surface area contributed by atoms with E-state index in [1.54, 1.807) is 12.1 Å². The summed E-state index contributed by atoms with van der Waals surface area (Å²) in [5.74, 6) is -1.31. The summed E-state index contributed by atoms with van der Waals surface area (Å²) in [6.07, 6.45) is -3.58. The van der Waals surface area contributed by atoms with Gasteiger partial charge >= 0.3 is 6.18 Å². The molecule has 0 aromatic heterocycles. The Morgan fingerprint density at radius 1 is 1.00 bits per heavy atom. The van der Waals surface area contributed by atoms with Crippen LogP contribution in [0.15, 0.2) is 47.4 Å². The quantitative estimate of drug-likeness (QED) is 0.384. The molecule has 0 saturated heterocycles. The number of hydrogen-bond acceptors (Lipinski definition) is 3. The van der Waals surface area contributed by atoms with Crippen LogP contribution in [0.25, 0.3) is 0 Å². The lowest BCUT2D eigenvalue weighted by Crippen LogP contribution is -2.09. The number of halogens is 4. The molecule has 0 N–H and O–H groups in total. The standard InChI is InChI=1S/C18H18F4O3S/c1-13-5-8-15(9-6-13)26(23,24)25-11-3-2-4-14-7-10-16(17(19)12-14)18(20,21)22/h5-10,12H,2-4,11H2,1H3. The zero-order valence-corrected chi connectivity index (χ0v) is 14.8. The van der Waals surface area contributed by atoms with E-state index in [2.05, 4.69) is 0 Å². The number of unbranched alkanes of at least 4 members (excludes halogenated alkanes) is 1. The van der Waals surface area contributed by atoms with Crippen LogP contribution in [-0.2, 0) is 26.9 Å². The second-order valence-corrected chi connectivity index (χ2v) is 7.47. The highest BCUT2D eigenvalue weighted by Gasteiger charge is 2.33. The molecule has 0 aliphatic heterocycles. The molecule has 0 aliphatic rings. The van der Waals surface area contributed by atoms with Gasteiger partial charge in [0.05, 0.1) is 17.1 Å². The molecule has 0 heterocycles. The molecule has 2 rings (SSSR count). The van der Waals surface area contributed by atoms with E-state index in [9.17, 15) is 26.0 Å². The van der Waals surface area contributed by atoms with Gasteiger partial charge in [-0.05, 0) is 56.0 Å². The van der Waals surface area contributed by atoms with Crippen molar-refractivity contribution < 1.29 is 30.2 Å². The van der Waals surface area contributed by atoms with Crippen molar-refractivity contribution in [1.82, 2.24) is 0 Å². The van der Waals surface area contributed by atoms with Gasteiger partial charge in [-0.25, -0.2) is 4.39 Å². The molecule has 3 nitrogen and oxygen atoms in total. The molecule has 0 fully saturated rings. The molecule has 0 aliphatic carbocycles. The third-order valence-electron chi connectivity index (χ3n) is 3.75. The molecule has 0 atom stereocenters. The van der Waals surface area contributed by atoms with Crippen molar-refractivity contribution in [3.8, 4) is 0 Å². The first-order valence-corrected chi connectivity index (χ1v) is 9.32. The van der Waals surface area contributed by atoms with Crippen LogP contribution in [0.1, 0.15) is 29.5 Å². The molecule has 8 heteroatoms. The van der Waals surface area contributed by atoms with Gasteiger partial charge in [0.2, 0.25) is 0 Å². The maximum Gasteiger partial charge on any atom is 0.419 e. The normalized spacial score (nSPS) is 12.3. The highest BCUT2D eigenvalue weighted by atomic mass is 32.2. The van der Waals surface area contributed by atoms with Gasteiger partial charge in [-0.3, -0.25) is 4.18 Å². The third-order valence-corrected chi connectivity index (χ3v) is 5.07. The Morgan fingerprint density at radius 3 is 2.23 bits per heavy atom. The Bertz CT molecular complexity index is 844.